The highest BCUT2D eigenvalue weighted by atomic mass is 35.7. The molecule has 0 aliphatic rings. The Morgan fingerprint density at radius 2 is 1.94 bits per heavy atom. The zero-order chi connectivity index (χ0) is 12.0. The van der Waals surface area contributed by atoms with Crippen LogP contribution in [0.1, 0.15) is 0 Å². The van der Waals surface area contributed by atoms with Gasteiger partial charge in [0.2, 0.25) is 0 Å². The molecule has 3 aromatic rings. The lowest BCUT2D eigenvalue weighted by Gasteiger charge is -2.03. The smallest absolute Gasteiger partial charge is 0.207 e. The largest absolute Gasteiger partial charge is 0.261 e. The van der Waals surface area contributed by atoms with Crippen molar-refractivity contribution in [1.82, 2.24) is 9.59 Å². The van der Waals surface area contributed by atoms with Crippen LogP contribution in [0.3, 0.4) is 0 Å². The molecule has 1 aromatic heterocycles. The Morgan fingerprint density at radius 1 is 1.12 bits per heavy atom. The minimum Gasteiger partial charge on any atom is -0.207 e. The van der Waals surface area contributed by atoms with Crippen molar-refractivity contribution < 1.29 is 8.42 Å². The second-order valence-electron chi connectivity index (χ2n) is 3.48. The fourth-order valence-corrected chi connectivity index (χ4v) is 3.56. The average molecular weight is 285 g/mol. The third kappa shape index (κ3) is 1.69. The standard InChI is InChI=1S/C10H5ClN2O2S2/c11-17(14,15)9-3-1-2-7-6(9)4-5-8-10(7)16-13-12-8/h1-5H. The Kier molecular flexibility index (Phi) is 2.32. The molecule has 86 valence electrons. The highest BCUT2D eigenvalue weighted by molar-refractivity contribution is 8.14. The van der Waals surface area contributed by atoms with E-state index in [-0.39, 0.29) is 4.90 Å². The summed E-state index contributed by atoms with van der Waals surface area (Å²) in [7, 11) is 1.66. The van der Waals surface area contributed by atoms with Gasteiger partial charge >= 0.3 is 0 Å². The van der Waals surface area contributed by atoms with Gasteiger partial charge in [0.25, 0.3) is 9.05 Å². The van der Waals surface area contributed by atoms with Crippen LogP contribution in [0.25, 0.3) is 21.0 Å². The first kappa shape index (κ1) is 10.9. The molecule has 17 heavy (non-hydrogen) atoms. The van der Waals surface area contributed by atoms with Crippen molar-refractivity contribution in [3.8, 4) is 0 Å². The summed E-state index contributed by atoms with van der Waals surface area (Å²) in [4.78, 5) is 0.118. The lowest BCUT2D eigenvalue weighted by molar-refractivity contribution is 0.610. The zero-order valence-electron chi connectivity index (χ0n) is 8.29. The van der Waals surface area contributed by atoms with Gasteiger partial charge < -0.3 is 0 Å². The number of rotatable bonds is 1. The number of hydrogen-bond donors (Lipinski definition) is 0. The molecular formula is C10H5ClN2O2S2. The van der Waals surface area contributed by atoms with Gasteiger partial charge in [0.1, 0.15) is 5.52 Å². The number of benzene rings is 2. The molecule has 0 N–H and O–H groups in total. The molecule has 3 rings (SSSR count). The van der Waals surface area contributed by atoms with E-state index in [0.717, 1.165) is 15.6 Å². The maximum Gasteiger partial charge on any atom is 0.261 e. The number of nitrogens with zero attached hydrogens (tertiary/aromatic N) is 2. The Bertz CT molecular complexity index is 827. The third-order valence-corrected chi connectivity index (χ3v) is 4.65. The Balaban J connectivity index is 2.57. The summed E-state index contributed by atoms with van der Waals surface area (Å²) >= 11 is 1.24. The van der Waals surface area contributed by atoms with Crippen molar-refractivity contribution in [3.05, 3.63) is 30.3 Å². The summed E-state index contributed by atoms with van der Waals surface area (Å²) in [5, 5.41) is 5.35. The number of fused-ring (bicyclic) bond motifs is 3. The molecule has 0 bridgehead atoms. The predicted octanol–water partition coefficient (Wildman–Crippen LogP) is 2.77. The Hall–Kier alpha value is -1.24. The van der Waals surface area contributed by atoms with E-state index in [1.165, 1.54) is 17.6 Å². The number of halogens is 1. The first-order valence-electron chi connectivity index (χ1n) is 4.66. The fraction of sp³-hybridized carbons (Fsp3) is 0. The fourth-order valence-electron chi connectivity index (χ4n) is 1.78. The summed E-state index contributed by atoms with van der Waals surface area (Å²) in [6.07, 6.45) is 0. The van der Waals surface area contributed by atoms with E-state index in [4.69, 9.17) is 10.7 Å². The van der Waals surface area contributed by atoms with Crippen molar-refractivity contribution in [2.45, 2.75) is 4.90 Å². The Labute approximate surface area is 105 Å². The lowest BCUT2D eigenvalue weighted by Crippen LogP contribution is -1.91. The SMILES string of the molecule is O=S(=O)(Cl)c1cccc2c1ccc1nnsc12. The minimum absolute atomic E-state index is 0.118. The molecule has 0 atom stereocenters. The quantitative estimate of drug-likeness (QED) is 0.645. The topological polar surface area (TPSA) is 59.9 Å². The second kappa shape index (κ2) is 3.63. The summed E-state index contributed by atoms with van der Waals surface area (Å²) in [6, 6.07) is 8.44. The molecular weight excluding hydrogens is 280 g/mol. The van der Waals surface area contributed by atoms with Crippen molar-refractivity contribution in [1.29, 1.82) is 0 Å². The summed E-state index contributed by atoms with van der Waals surface area (Å²) in [6.45, 7) is 0. The van der Waals surface area contributed by atoms with Gasteiger partial charge in [-0.15, -0.1) is 5.10 Å². The van der Waals surface area contributed by atoms with Crippen LogP contribution in [-0.4, -0.2) is 18.0 Å². The lowest BCUT2D eigenvalue weighted by atomic mass is 10.1. The molecule has 0 radical (unpaired) electrons. The number of aromatic nitrogens is 2. The average Bonchev–Trinajstić information content (AvgIpc) is 2.75. The molecule has 1 heterocycles. The molecule has 0 amide bonds. The van der Waals surface area contributed by atoms with Crippen molar-refractivity contribution in [2.24, 2.45) is 0 Å². The van der Waals surface area contributed by atoms with Gasteiger partial charge in [-0.05, 0) is 23.7 Å². The molecule has 0 spiro atoms. The molecule has 0 aliphatic heterocycles. The zero-order valence-corrected chi connectivity index (χ0v) is 10.7. The van der Waals surface area contributed by atoms with Gasteiger partial charge in [0.15, 0.2) is 0 Å². The molecule has 0 aliphatic carbocycles. The van der Waals surface area contributed by atoms with Crippen LogP contribution in [0.15, 0.2) is 35.2 Å². The molecule has 0 saturated heterocycles. The van der Waals surface area contributed by atoms with Gasteiger partial charge in [-0.2, -0.15) is 0 Å². The summed E-state index contributed by atoms with van der Waals surface area (Å²) in [5.41, 5.74) is 0.756. The maximum absolute atomic E-state index is 11.5. The Morgan fingerprint density at radius 3 is 2.71 bits per heavy atom. The van der Waals surface area contributed by atoms with Crippen LogP contribution >= 0.6 is 22.2 Å². The van der Waals surface area contributed by atoms with Crippen LogP contribution < -0.4 is 0 Å². The highest BCUT2D eigenvalue weighted by Gasteiger charge is 2.15. The van der Waals surface area contributed by atoms with E-state index in [1.54, 1.807) is 18.2 Å². The van der Waals surface area contributed by atoms with E-state index in [2.05, 4.69) is 9.59 Å². The van der Waals surface area contributed by atoms with Crippen molar-refractivity contribution >= 4 is 52.3 Å². The number of hydrogen-bond acceptors (Lipinski definition) is 5. The van der Waals surface area contributed by atoms with E-state index in [0.29, 0.717) is 5.39 Å². The maximum atomic E-state index is 11.5. The van der Waals surface area contributed by atoms with Crippen LogP contribution in [0.5, 0.6) is 0 Å². The van der Waals surface area contributed by atoms with Crippen LogP contribution in [-0.2, 0) is 9.05 Å². The van der Waals surface area contributed by atoms with E-state index in [9.17, 15) is 8.42 Å². The van der Waals surface area contributed by atoms with Gasteiger partial charge in [-0.3, -0.25) is 0 Å². The minimum atomic E-state index is -3.75. The molecule has 2 aromatic carbocycles. The van der Waals surface area contributed by atoms with Gasteiger partial charge in [0.05, 0.1) is 9.60 Å². The molecule has 0 unspecified atom stereocenters. The van der Waals surface area contributed by atoms with Crippen molar-refractivity contribution in [2.75, 3.05) is 0 Å². The molecule has 4 nitrogen and oxygen atoms in total. The van der Waals surface area contributed by atoms with Gasteiger partial charge in [-0.1, -0.05) is 22.7 Å². The van der Waals surface area contributed by atoms with Gasteiger partial charge in [0, 0.05) is 21.5 Å². The monoisotopic (exact) mass is 284 g/mol. The normalized spacial score (nSPS) is 12.3. The van der Waals surface area contributed by atoms with Crippen LogP contribution in [0, 0.1) is 0 Å². The molecule has 7 heteroatoms. The van der Waals surface area contributed by atoms with Crippen LogP contribution in [0.2, 0.25) is 0 Å². The van der Waals surface area contributed by atoms with Crippen LogP contribution in [0.4, 0.5) is 0 Å². The summed E-state index contributed by atoms with van der Waals surface area (Å²) < 4.78 is 27.6. The van der Waals surface area contributed by atoms with Crippen molar-refractivity contribution in [3.63, 3.8) is 0 Å². The first-order chi connectivity index (χ1) is 8.07. The highest BCUT2D eigenvalue weighted by Crippen LogP contribution is 2.31. The summed E-state index contributed by atoms with van der Waals surface area (Å²) in [5.74, 6) is 0. The van der Waals surface area contributed by atoms with E-state index in [1.807, 2.05) is 6.07 Å². The molecule has 0 fully saturated rings. The van der Waals surface area contributed by atoms with E-state index < -0.39 is 9.05 Å². The third-order valence-electron chi connectivity index (χ3n) is 2.49. The van der Waals surface area contributed by atoms with E-state index >= 15 is 0 Å². The molecule has 0 saturated carbocycles. The second-order valence-corrected chi connectivity index (χ2v) is 6.76. The first-order valence-corrected chi connectivity index (χ1v) is 7.74. The predicted molar refractivity (Wildman–Crippen MR) is 68.0 cm³/mol. The van der Waals surface area contributed by atoms with Gasteiger partial charge in [-0.25, -0.2) is 8.42 Å².